The van der Waals surface area contributed by atoms with Gasteiger partial charge in [0.05, 0.1) is 11.5 Å². The third-order valence-corrected chi connectivity index (χ3v) is 5.10. The number of hydrogen-bond acceptors (Lipinski definition) is 3. The van der Waals surface area contributed by atoms with Crippen molar-refractivity contribution in [2.75, 3.05) is 6.54 Å². The van der Waals surface area contributed by atoms with Gasteiger partial charge in [-0.1, -0.05) is 6.42 Å². The van der Waals surface area contributed by atoms with Gasteiger partial charge in [0.2, 0.25) is 5.91 Å². The summed E-state index contributed by atoms with van der Waals surface area (Å²) in [4.78, 5) is 14.7. The summed E-state index contributed by atoms with van der Waals surface area (Å²) in [6.45, 7) is 0.490. The van der Waals surface area contributed by atoms with Crippen LogP contribution in [0.4, 0.5) is 0 Å². The van der Waals surface area contributed by atoms with Crippen LogP contribution in [-0.4, -0.2) is 40.6 Å². The number of piperidine rings is 1. The lowest BCUT2D eigenvalue weighted by Gasteiger charge is -2.47. The topological polar surface area (TPSA) is 66.6 Å². The molecule has 3 fully saturated rings. The first-order valence-corrected chi connectivity index (χ1v) is 6.87. The molecule has 1 aliphatic carbocycles. The van der Waals surface area contributed by atoms with E-state index in [-0.39, 0.29) is 29.5 Å². The zero-order valence-corrected chi connectivity index (χ0v) is 10.3. The van der Waals surface area contributed by atoms with Gasteiger partial charge >= 0.3 is 0 Å². The Morgan fingerprint density at radius 1 is 1.29 bits per heavy atom. The maximum absolute atomic E-state index is 12.7. The molecule has 0 spiro atoms. The second kappa shape index (κ2) is 3.95. The average molecular weight is 238 g/mol. The Bertz CT molecular complexity index is 308. The zero-order valence-electron chi connectivity index (χ0n) is 10.3. The van der Waals surface area contributed by atoms with Crippen LogP contribution in [0.1, 0.15) is 44.9 Å². The first-order chi connectivity index (χ1) is 8.16. The molecule has 2 unspecified atom stereocenters. The molecule has 4 heteroatoms. The van der Waals surface area contributed by atoms with Gasteiger partial charge in [0.15, 0.2) is 0 Å². The third kappa shape index (κ3) is 1.61. The predicted molar refractivity (Wildman–Crippen MR) is 64.2 cm³/mol. The molecule has 1 amide bonds. The minimum Gasteiger partial charge on any atom is -0.393 e. The van der Waals surface area contributed by atoms with Gasteiger partial charge in [-0.3, -0.25) is 4.79 Å². The van der Waals surface area contributed by atoms with E-state index in [9.17, 15) is 9.90 Å². The summed E-state index contributed by atoms with van der Waals surface area (Å²) in [5.41, 5.74) is 5.57. The van der Waals surface area contributed by atoms with Crippen molar-refractivity contribution < 1.29 is 9.90 Å². The minimum atomic E-state index is -0.247. The molecule has 96 valence electrons. The molecule has 2 aliphatic heterocycles. The molecule has 2 saturated heterocycles. The lowest BCUT2D eigenvalue weighted by Crippen LogP contribution is -2.57. The van der Waals surface area contributed by atoms with Crippen LogP contribution in [0.3, 0.4) is 0 Å². The summed E-state index contributed by atoms with van der Waals surface area (Å²) in [5, 5.41) is 9.76. The first kappa shape index (κ1) is 11.5. The van der Waals surface area contributed by atoms with Gasteiger partial charge in [0.25, 0.3) is 0 Å². The van der Waals surface area contributed by atoms with Crippen molar-refractivity contribution in [1.82, 2.24) is 4.90 Å². The maximum Gasteiger partial charge on any atom is 0.230 e. The molecule has 2 atom stereocenters. The van der Waals surface area contributed by atoms with Crippen molar-refractivity contribution in [3.8, 4) is 0 Å². The number of aliphatic hydroxyl groups is 1. The van der Waals surface area contributed by atoms with E-state index >= 15 is 0 Å². The molecule has 2 heterocycles. The molecule has 3 N–H and O–H groups in total. The highest BCUT2D eigenvalue weighted by atomic mass is 16.3. The number of amides is 1. The Morgan fingerprint density at radius 3 is 2.29 bits per heavy atom. The highest BCUT2D eigenvalue weighted by Gasteiger charge is 2.51. The molecule has 3 aliphatic rings. The van der Waals surface area contributed by atoms with E-state index in [0.29, 0.717) is 6.54 Å². The molecule has 4 nitrogen and oxygen atoms in total. The summed E-state index contributed by atoms with van der Waals surface area (Å²) >= 11 is 0. The Balaban J connectivity index is 1.79. The fourth-order valence-corrected chi connectivity index (χ4v) is 3.86. The van der Waals surface area contributed by atoms with Crippen LogP contribution in [0.15, 0.2) is 0 Å². The predicted octanol–water partition coefficient (Wildman–Crippen LogP) is 0.630. The van der Waals surface area contributed by atoms with E-state index in [1.807, 2.05) is 0 Å². The summed E-state index contributed by atoms with van der Waals surface area (Å²) in [6, 6.07) is 0.556. The van der Waals surface area contributed by atoms with E-state index in [1.165, 1.54) is 0 Å². The second-order valence-corrected chi connectivity index (χ2v) is 6.06. The quantitative estimate of drug-likeness (QED) is 0.741. The van der Waals surface area contributed by atoms with Crippen LogP contribution >= 0.6 is 0 Å². The third-order valence-electron chi connectivity index (χ3n) is 5.10. The number of carbonyl (C=O) groups is 1. The van der Waals surface area contributed by atoms with Gasteiger partial charge < -0.3 is 15.7 Å². The van der Waals surface area contributed by atoms with Gasteiger partial charge in [-0.15, -0.1) is 0 Å². The number of rotatable bonds is 2. The molecular weight excluding hydrogens is 216 g/mol. The van der Waals surface area contributed by atoms with Crippen molar-refractivity contribution in [3.05, 3.63) is 0 Å². The summed E-state index contributed by atoms with van der Waals surface area (Å²) in [6.07, 6.45) is 6.51. The van der Waals surface area contributed by atoms with Gasteiger partial charge in [-0.05, 0) is 38.5 Å². The van der Waals surface area contributed by atoms with Crippen LogP contribution in [0.2, 0.25) is 0 Å². The van der Waals surface area contributed by atoms with E-state index in [4.69, 9.17) is 5.73 Å². The van der Waals surface area contributed by atoms with Crippen LogP contribution in [-0.2, 0) is 4.79 Å². The number of nitrogens with two attached hydrogens (primary N) is 1. The number of hydrogen-bond donors (Lipinski definition) is 2. The fraction of sp³-hybridized carbons (Fsp3) is 0.923. The number of fused-ring (bicyclic) bond motifs is 2. The Labute approximate surface area is 102 Å². The van der Waals surface area contributed by atoms with Crippen molar-refractivity contribution in [2.45, 2.75) is 63.1 Å². The summed E-state index contributed by atoms with van der Waals surface area (Å²) < 4.78 is 0. The van der Waals surface area contributed by atoms with Crippen molar-refractivity contribution in [3.63, 3.8) is 0 Å². The van der Waals surface area contributed by atoms with Crippen LogP contribution in [0.5, 0.6) is 0 Å². The SMILES string of the molecule is NCC1(C(=O)N2C3CCC2CC(O)C3)CCC1. The van der Waals surface area contributed by atoms with E-state index < -0.39 is 0 Å². The Kier molecular flexibility index (Phi) is 2.67. The molecule has 0 aromatic heterocycles. The summed E-state index contributed by atoms with van der Waals surface area (Å²) in [7, 11) is 0. The molecule has 2 bridgehead atoms. The Hall–Kier alpha value is -0.610. The van der Waals surface area contributed by atoms with Crippen molar-refractivity contribution >= 4 is 5.91 Å². The molecule has 0 aromatic carbocycles. The number of carbonyl (C=O) groups excluding carboxylic acids is 1. The molecular formula is C13H22N2O2. The molecule has 3 rings (SSSR count). The second-order valence-electron chi connectivity index (χ2n) is 6.06. The highest BCUT2D eigenvalue weighted by Crippen LogP contribution is 2.46. The zero-order chi connectivity index (χ0) is 12.0. The smallest absolute Gasteiger partial charge is 0.230 e. The molecule has 17 heavy (non-hydrogen) atoms. The monoisotopic (exact) mass is 238 g/mol. The fourth-order valence-electron chi connectivity index (χ4n) is 3.86. The average Bonchev–Trinajstić information content (AvgIpc) is 2.50. The van der Waals surface area contributed by atoms with E-state index in [1.54, 1.807) is 0 Å². The molecule has 0 radical (unpaired) electrons. The standard InChI is InChI=1S/C13H22N2O2/c14-8-13(4-1-5-13)12(17)15-9-2-3-10(15)7-11(16)6-9/h9-11,16H,1-8,14H2. The van der Waals surface area contributed by atoms with Crippen LogP contribution < -0.4 is 5.73 Å². The Morgan fingerprint density at radius 2 is 1.88 bits per heavy atom. The minimum absolute atomic E-state index is 0.202. The molecule has 1 saturated carbocycles. The van der Waals surface area contributed by atoms with Crippen LogP contribution in [0.25, 0.3) is 0 Å². The lowest BCUT2D eigenvalue weighted by molar-refractivity contribution is -0.153. The molecule has 0 aromatic rings. The van der Waals surface area contributed by atoms with Crippen molar-refractivity contribution in [2.24, 2.45) is 11.1 Å². The maximum atomic E-state index is 12.7. The lowest BCUT2D eigenvalue weighted by atomic mass is 9.67. The van der Waals surface area contributed by atoms with Gasteiger partial charge in [-0.2, -0.15) is 0 Å². The first-order valence-electron chi connectivity index (χ1n) is 6.87. The van der Waals surface area contributed by atoms with Crippen LogP contribution in [0, 0.1) is 5.41 Å². The van der Waals surface area contributed by atoms with Gasteiger partial charge in [-0.25, -0.2) is 0 Å². The van der Waals surface area contributed by atoms with E-state index in [2.05, 4.69) is 4.90 Å². The van der Waals surface area contributed by atoms with Crippen molar-refractivity contribution in [1.29, 1.82) is 0 Å². The normalized spacial score (nSPS) is 38.9. The highest BCUT2D eigenvalue weighted by molar-refractivity contribution is 5.85. The van der Waals surface area contributed by atoms with E-state index in [0.717, 1.165) is 44.9 Å². The number of aliphatic hydroxyl groups excluding tert-OH is 1. The summed E-state index contributed by atoms with van der Waals surface area (Å²) in [5.74, 6) is 0.283. The number of nitrogens with zero attached hydrogens (tertiary/aromatic N) is 1. The largest absolute Gasteiger partial charge is 0.393 e. The van der Waals surface area contributed by atoms with Gasteiger partial charge in [0, 0.05) is 18.6 Å². The van der Waals surface area contributed by atoms with Gasteiger partial charge in [0.1, 0.15) is 0 Å².